The van der Waals surface area contributed by atoms with E-state index in [1.165, 1.54) is 18.4 Å². The van der Waals surface area contributed by atoms with Crippen molar-refractivity contribution in [2.75, 3.05) is 13.7 Å². The Bertz CT molecular complexity index is 1870. The lowest BCUT2D eigenvalue weighted by molar-refractivity contribution is -0.136. The molecule has 3 aromatic carbocycles. The summed E-state index contributed by atoms with van der Waals surface area (Å²) in [4.78, 5) is 32.1. The zero-order valence-electron chi connectivity index (χ0n) is 23.5. The molecule has 0 radical (unpaired) electrons. The van der Waals surface area contributed by atoms with E-state index in [4.69, 9.17) is 24.5 Å². The van der Waals surface area contributed by atoms with Crippen LogP contribution in [0.3, 0.4) is 0 Å². The molecule has 0 saturated carbocycles. The Kier molecular flexibility index (Phi) is 8.65. The van der Waals surface area contributed by atoms with Crippen molar-refractivity contribution >= 4 is 23.4 Å². The highest BCUT2D eigenvalue weighted by Gasteiger charge is 2.33. The number of esters is 1. The first-order valence-electron chi connectivity index (χ1n) is 13.5. The molecule has 8 nitrogen and oxygen atoms in total. The van der Waals surface area contributed by atoms with Crippen LogP contribution in [0.4, 0.5) is 0 Å². The molecule has 0 amide bonds. The Morgan fingerprint density at radius 3 is 2.48 bits per heavy atom. The molecule has 0 spiro atoms. The third-order valence-corrected chi connectivity index (χ3v) is 7.79. The standard InChI is InChI=1S/C33H29N3O5S/c1-4-25-29(32(38)39-3)30(24-9-7-6-8-10-24)36-31(37)28(42-33(36)35-25)18-23-15-16-26(27(17-23)40-5-2)41-20-22-13-11-21(19-34)12-14-22/h6-18,30H,4-5,20H2,1-3H3/b28-18+/t30-/m1/s1. The number of allylic oxidation sites excluding steroid dienone is 1. The van der Waals surface area contributed by atoms with E-state index in [0.29, 0.717) is 57.3 Å². The van der Waals surface area contributed by atoms with Gasteiger partial charge in [0.05, 0.1) is 47.2 Å². The fraction of sp³-hybridized carbons (Fsp3) is 0.212. The Balaban J connectivity index is 1.54. The summed E-state index contributed by atoms with van der Waals surface area (Å²) in [7, 11) is 1.34. The Labute approximate surface area is 247 Å². The third kappa shape index (κ3) is 5.76. The lowest BCUT2D eigenvalue weighted by atomic mass is 9.95. The van der Waals surface area contributed by atoms with Gasteiger partial charge in [-0.1, -0.05) is 66.8 Å². The van der Waals surface area contributed by atoms with Crippen molar-refractivity contribution in [2.24, 2.45) is 4.99 Å². The number of nitriles is 1. The molecule has 212 valence electrons. The number of benzene rings is 3. The van der Waals surface area contributed by atoms with Gasteiger partial charge in [0.15, 0.2) is 16.3 Å². The third-order valence-electron chi connectivity index (χ3n) is 6.81. The molecule has 1 atom stereocenters. The minimum atomic E-state index is -0.649. The zero-order chi connectivity index (χ0) is 29.6. The SMILES string of the molecule is CCOc1cc(/C=c2/sc3n(c2=O)[C@H](c2ccccc2)C(C(=O)OC)=C(CC)N=3)ccc1OCc1ccc(C#N)cc1. The number of rotatable bonds is 9. The maximum Gasteiger partial charge on any atom is 0.338 e. The average molecular weight is 580 g/mol. The molecule has 1 aromatic heterocycles. The maximum absolute atomic E-state index is 13.9. The highest BCUT2D eigenvalue weighted by atomic mass is 32.1. The molecule has 0 bridgehead atoms. The first-order valence-corrected chi connectivity index (χ1v) is 14.4. The van der Waals surface area contributed by atoms with Crippen LogP contribution in [0.2, 0.25) is 0 Å². The second kappa shape index (κ2) is 12.7. The minimum absolute atomic E-state index is 0.247. The van der Waals surface area contributed by atoms with Crippen molar-refractivity contribution in [1.82, 2.24) is 4.57 Å². The van der Waals surface area contributed by atoms with Crippen molar-refractivity contribution in [3.8, 4) is 17.6 Å². The smallest absolute Gasteiger partial charge is 0.338 e. The molecule has 5 rings (SSSR count). The van der Waals surface area contributed by atoms with Crippen molar-refractivity contribution in [2.45, 2.75) is 32.9 Å². The number of ether oxygens (including phenoxy) is 3. The molecule has 0 N–H and O–H groups in total. The van der Waals surface area contributed by atoms with Gasteiger partial charge in [-0.15, -0.1) is 0 Å². The van der Waals surface area contributed by atoms with Gasteiger partial charge in [0.2, 0.25) is 0 Å². The van der Waals surface area contributed by atoms with Gasteiger partial charge in [0.1, 0.15) is 6.61 Å². The average Bonchev–Trinajstić information content (AvgIpc) is 3.34. The topological polar surface area (TPSA) is 103 Å². The van der Waals surface area contributed by atoms with Gasteiger partial charge in [0, 0.05) is 0 Å². The second-order valence-corrected chi connectivity index (χ2v) is 10.4. The van der Waals surface area contributed by atoms with E-state index in [-0.39, 0.29) is 5.56 Å². The van der Waals surface area contributed by atoms with Gasteiger partial charge in [-0.2, -0.15) is 5.26 Å². The van der Waals surface area contributed by atoms with E-state index in [1.807, 2.05) is 74.5 Å². The summed E-state index contributed by atoms with van der Waals surface area (Å²) >= 11 is 1.28. The van der Waals surface area contributed by atoms with Gasteiger partial charge >= 0.3 is 5.97 Å². The molecule has 0 saturated heterocycles. The molecule has 0 aliphatic carbocycles. The van der Waals surface area contributed by atoms with Crippen LogP contribution in [0, 0.1) is 11.3 Å². The van der Waals surface area contributed by atoms with E-state index in [0.717, 1.165) is 16.7 Å². The van der Waals surface area contributed by atoms with E-state index in [2.05, 4.69) is 6.07 Å². The molecule has 0 unspecified atom stereocenters. The van der Waals surface area contributed by atoms with Crippen LogP contribution in [-0.4, -0.2) is 24.3 Å². The summed E-state index contributed by atoms with van der Waals surface area (Å²) in [6, 6.07) is 23.6. The number of fused-ring (bicyclic) bond motifs is 1. The Hall–Kier alpha value is -4.94. The van der Waals surface area contributed by atoms with Crippen LogP contribution in [0.25, 0.3) is 6.08 Å². The van der Waals surface area contributed by atoms with Crippen molar-refractivity contribution in [3.63, 3.8) is 0 Å². The molecule has 4 aromatic rings. The molecular weight excluding hydrogens is 550 g/mol. The molecule has 1 aliphatic rings. The highest BCUT2D eigenvalue weighted by Crippen LogP contribution is 2.32. The van der Waals surface area contributed by atoms with E-state index in [9.17, 15) is 9.59 Å². The minimum Gasteiger partial charge on any atom is -0.490 e. The molecule has 2 heterocycles. The summed E-state index contributed by atoms with van der Waals surface area (Å²) < 4.78 is 19.1. The van der Waals surface area contributed by atoms with E-state index < -0.39 is 12.0 Å². The summed E-state index contributed by atoms with van der Waals surface area (Å²) in [5, 5.41) is 9.01. The number of aromatic nitrogens is 1. The Morgan fingerprint density at radius 1 is 1.05 bits per heavy atom. The van der Waals surface area contributed by atoms with Crippen LogP contribution >= 0.6 is 11.3 Å². The fourth-order valence-electron chi connectivity index (χ4n) is 4.80. The predicted octanol–water partition coefficient (Wildman–Crippen LogP) is 4.65. The Morgan fingerprint density at radius 2 is 1.81 bits per heavy atom. The molecule has 42 heavy (non-hydrogen) atoms. The van der Waals surface area contributed by atoms with E-state index >= 15 is 0 Å². The number of methoxy groups -OCH3 is 1. The number of hydrogen-bond acceptors (Lipinski definition) is 8. The first kappa shape index (κ1) is 28.6. The van der Waals surface area contributed by atoms with Crippen molar-refractivity contribution < 1.29 is 19.0 Å². The number of thiazole rings is 1. The molecule has 0 fully saturated rings. The number of nitrogens with zero attached hydrogens (tertiary/aromatic N) is 3. The zero-order valence-corrected chi connectivity index (χ0v) is 24.3. The summed E-state index contributed by atoms with van der Waals surface area (Å²) in [6.07, 6.45) is 2.31. The normalized spacial score (nSPS) is 14.5. The van der Waals surface area contributed by atoms with Crippen molar-refractivity contribution in [1.29, 1.82) is 5.26 Å². The summed E-state index contributed by atoms with van der Waals surface area (Å²) in [6.45, 7) is 4.57. The fourth-order valence-corrected chi connectivity index (χ4v) is 5.82. The van der Waals surface area contributed by atoms with Gasteiger partial charge < -0.3 is 14.2 Å². The number of hydrogen-bond donors (Lipinski definition) is 0. The van der Waals surface area contributed by atoms with Crippen LogP contribution in [0.5, 0.6) is 11.5 Å². The molecule has 1 aliphatic heterocycles. The van der Waals surface area contributed by atoms with Crippen LogP contribution < -0.4 is 24.4 Å². The predicted molar refractivity (Wildman–Crippen MR) is 160 cm³/mol. The van der Waals surface area contributed by atoms with E-state index in [1.54, 1.807) is 22.8 Å². The lowest BCUT2D eigenvalue weighted by Gasteiger charge is -2.25. The van der Waals surface area contributed by atoms with Crippen LogP contribution in [-0.2, 0) is 16.1 Å². The number of carbonyl (C=O) groups is 1. The second-order valence-electron chi connectivity index (χ2n) is 9.44. The maximum atomic E-state index is 13.9. The van der Waals surface area contributed by atoms with Gasteiger partial charge in [0.25, 0.3) is 5.56 Å². The quantitative estimate of drug-likeness (QED) is 0.268. The van der Waals surface area contributed by atoms with Crippen LogP contribution in [0.1, 0.15) is 48.6 Å². The highest BCUT2D eigenvalue weighted by molar-refractivity contribution is 7.07. The summed E-state index contributed by atoms with van der Waals surface area (Å²) in [5.74, 6) is 0.618. The van der Waals surface area contributed by atoms with Gasteiger partial charge in [-0.3, -0.25) is 9.36 Å². The number of carbonyl (C=O) groups excluding carboxylic acids is 1. The first-order chi connectivity index (χ1) is 20.5. The van der Waals surface area contributed by atoms with Gasteiger partial charge in [-0.05, 0) is 60.4 Å². The lowest BCUT2D eigenvalue weighted by Crippen LogP contribution is -2.40. The van der Waals surface area contributed by atoms with Crippen LogP contribution in [0.15, 0.2) is 93.9 Å². The largest absolute Gasteiger partial charge is 0.490 e. The molecule has 9 heteroatoms. The van der Waals surface area contributed by atoms with Gasteiger partial charge in [-0.25, -0.2) is 9.79 Å². The van der Waals surface area contributed by atoms with Crippen molar-refractivity contribution in [3.05, 3.63) is 126 Å². The molecular formula is C33H29N3O5S. The summed E-state index contributed by atoms with van der Waals surface area (Å²) in [5.41, 5.74) is 3.79. The monoisotopic (exact) mass is 579 g/mol.